The zero-order chi connectivity index (χ0) is 8.65. The summed E-state index contributed by atoms with van der Waals surface area (Å²) in [5.41, 5.74) is -0.196. The fourth-order valence-electron chi connectivity index (χ4n) is 1.26. The van der Waals surface area contributed by atoms with Crippen molar-refractivity contribution in [2.45, 2.75) is 33.3 Å². The Bertz CT molecular complexity index is 167. The van der Waals surface area contributed by atoms with Crippen LogP contribution in [0.15, 0.2) is 0 Å². The molecule has 1 aliphatic rings. The average molecular weight is 156 g/mol. The Labute approximate surface area is 67.9 Å². The first-order valence-corrected chi connectivity index (χ1v) is 4.04. The van der Waals surface area contributed by atoms with Gasteiger partial charge in [-0.1, -0.05) is 20.8 Å². The van der Waals surface area contributed by atoms with Crippen molar-refractivity contribution in [1.29, 1.82) is 0 Å². The third kappa shape index (κ3) is 1.80. The Morgan fingerprint density at radius 2 is 2.00 bits per heavy atom. The van der Waals surface area contributed by atoms with E-state index in [2.05, 4.69) is 0 Å². The molecule has 1 rings (SSSR count). The molecule has 0 unspecified atom stereocenters. The summed E-state index contributed by atoms with van der Waals surface area (Å²) in [6.45, 7) is 5.88. The largest absolute Gasteiger partial charge is 0.381 e. The van der Waals surface area contributed by atoms with Crippen LogP contribution in [0.2, 0.25) is 0 Å². The Kier molecular flexibility index (Phi) is 2.06. The van der Waals surface area contributed by atoms with Crippen LogP contribution in [-0.2, 0) is 9.53 Å². The van der Waals surface area contributed by atoms with E-state index in [1.54, 1.807) is 7.11 Å². The van der Waals surface area contributed by atoms with E-state index < -0.39 is 0 Å². The summed E-state index contributed by atoms with van der Waals surface area (Å²) in [6, 6.07) is 0. The third-order valence-electron chi connectivity index (χ3n) is 2.11. The molecule has 0 amide bonds. The lowest BCUT2D eigenvalue weighted by Crippen LogP contribution is -2.23. The molecule has 11 heavy (non-hydrogen) atoms. The second-order valence-corrected chi connectivity index (χ2v) is 4.23. The molecule has 1 aliphatic carbocycles. The second-order valence-electron chi connectivity index (χ2n) is 4.23. The highest BCUT2D eigenvalue weighted by atomic mass is 16.5. The Hall–Kier alpha value is -0.370. The monoisotopic (exact) mass is 156 g/mol. The highest BCUT2D eigenvalue weighted by Crippen LogP contribution is 2.39. The highest BCUT2D eigenvalue weighted by Gasteiger charge is 2.46. The number of ether oxygens (including phenoxy) is 1. The van der Waals surface area contributed by atoms with Gasteiger partial charge >= 0.3 is 0 Å². The van der Waals surface area contributed by atoms with Crippen molar-refractivity contribution in [2.75, 3.05) is 7.11 Å². The topological polar surface area (TPSA) is 26.3 Å². The van der Waals surface area contributed by atoms with Gasteiger partial charge in [-0.15, -0.1) is 0 Å². The molecule has 0 spiro atoms. The van der Waals surface area contributed by atoms with Crippen LogP contribution in [0.5, 0.6) is 0 Å². The minimum Gasteiger partial charge on any atom is -0.381 e. The standard InChI is InChI=1S/C9H16O2/c1-9(2,3)8(10)6-5-7(6)11-4/h6-7H,5H2,1-4H3/t6-,7+/m1/s1. The Morgan fingerprint density at radius 3 is 2.27 bits per heavy atom. The molecule has 0 aromatic rings. The van der Waals surface area contributed by atoms with E-state index in [1.807, 2.05) is 20.8 Å². The van der Waals surface area contributed by atoms with Gasteiger partial charge in [0.1, 0.15) is 5.78 Å². The van der Waals surface area contributed by atoms with Gasteiger partial charge in [0, 0.05) is 18.4 Å². The molecule has 0 aliphatic heterocycles. The van der Waals surface area contributed by atoms with Gasteiger partial charge in [0.25, 0.3) is 0 Å². The number of carbonyl (C=O) groups excluding carboxylic acids is 1. The summed E-state index contributed by atoms with van der Waals surface area (Å²) in [6.07, 6.45) is 1.13. The summed E-state index contributed by atoms with van der Waals surface area (Å²) in [7, 11) is 1.67. The molecule has 1 fully saturated rings. The number of ketones is 1. The zero-order valence-corrected chi connectivity index (χ0v) is 7.68. The number of methoxy groups -OCH3 is 1. The average Bonchev–Trinajstić information content (AvgIpc) is 2.62. The molecule has 0 radical (unpaired) electrons. The Morgan fingerprint density at radius 1 is 1.45 bits per heavy atom. The summed E-state index contributed by atoms with van der Waals surface area (Å²) < 4.78 is 5.07. The van der Waals surface area contributed by atoms with E-state index in [0.717, 1.165) is 6.42 Å². The number of carbonyl (C=O) groups is 1. The minimum absolute atomic E-state index is 0.181. The lowest BCUT2D eigenvalue weighted by atomic mass is 9.88. The van der Waals surface area contributed by atoms with Gasteiger partial charge in [0.05, 0.1) is 6.10 Å². The predicted molar refractivity (Wildman–Crippen MR) is 43.4 cm³/mol. The van der Waals surface area contributed by atoms with Crippen molar-refractivity contribution in [3.8, 4) is 0 Å². The van der Waals surface area contributed by atoms with E-state index in [0.29, 0.717) is 5.78 Å². The van der Waals surface area contributed by atoms with Gasteiger partial charge in [0.15, 0.2) is 0 Å². The normalized spacial score (nSPS) is 30.2. The van der Waals surface area contributed by atoms with Gasteiger partial charge in [-0.3, -0.25) is 4.79 Å². The van der Waals surface area contributed by atoms with Crippen molar-refractivity contribution in [3.05, 3.63) is 0 Å². The predicted octanol–water partition coefficient (Wildman–Crippen LogP) is 1.64. The van der Waals surface area contributed by atoms with Crippen LogP contribution in [0.3, 0.4) is 0 Å². The smallest absolute Gasteiger partial charge is 0.143 e. The summed E-state index contributed by atoms with van der Waals surface area (Å²) >= 11 is 0. The van der Waals surface area contributed by atoms with Crippen LogP contribution in [0.4, 0.5) is 0 Å². The second kappa shape index (κ2) is 2.59. The minimum atomic E-state index is -0.196. The summed E-state index contributed by atoms with van der Waals surface area (Å²) in [5, 5.41) is 0. The van der Waals surface area contributed by atoms with E-state index in [1.165, 1.54) is 0 Å². The Balaban J connectivity index is 2.46. The molecule has 2 atom stereocenters. The maximum atomic E-state index is 11.5. The molecule has 1 saturated carbocycles. The molecule has 64 valence electrons. The molecule has 2 heteroatoms. The first-order chi connectivity index (χ1) is 4.96. The van der Waals surface area contributed by atoms with E-state index in [9.17, 15) is 4.79 Å². The van der Waals surface area contributed by atoms with Crippen LogP contribution < -0.4 is 0 Å². The SMILES string of the molecule is CO[C@H]1C[C@H]1C(=O)C(C)(C)C. The quantitative estimate of drug-likeness (QED) is 0.607. The maximum absolute atomic E-state index is 11.5. The molecular formula is C9H16O2. The van der Waals surface area contributed by atoms with Gasteiger partial charge in [-0.2, -0.15) is 0 Å². The van der Waals surface area contributed by atoms with E-state index in [-0.39, 0.29) is 17.4 Å². The highest BCUT2D eigenvalue weighted by molar-refractivity contribution is 5.88. The number of hydrogen-bond acceptors (Lipinski definition) is 2. The van der Waals surface area contributed by atoms with E-state index >= 15 is 0 Å². The molecule has 0 aromatic heterocycles. The number of hydrogen-bond donors (Lipinski definition) is 0. The summed E-state index contributed by atoms with van der Waals surface area (Å²) in [5.74, 6) is 0.518. The van der Waals surface area contributed by atoms with Crippen LogP contribution in [0.1, 0.15) is 27.2 Å². The first-order valence-electron chi connectivity index (χ1n) is 4.04. The van der Waals surface area contributed by atoms with Gasteiger partial charge in [0.2, 0.25) is 0 Å². The molecule has 0 heterocycles. The van der Waals surface area contributed by atoms with Crippen LogP contribution >= 0.6 is 0 Å². The molecule has 0 bridgehead atoms. The number of Topliss-reactive ketones (excluding diaryl/α,β-unsaturated/α-hetero) is 1. The molecule has 0 aromatic carbocycles. The van der Waals surface area contributed by atoms with Crippen molar-refractivity contribution in [3.63, 3.8) is 0 Å². The van der Waals surface area contributed by atoms with E-state index in [4.69, 9.17) is 4.74 Å². The van der Waals surface area contributed by atoms with Crippen molar-refractivity contribution < 1.29 is 9.53 Å². The molecule has 2 nitrogen and oxygen atoms in total. The molecule has 0 N–H and O–H groups in total. The van der Waals surface area contributed by atoms with Crippen molar-refractivity contribution in [1.82, 2.24) is 0 Å². The van der Waals surface area contributed by atoms with Crippen molar-refractivity contribution in [2.24, 2.45) is 11.3 Å². The first kappa shape index (κ1) is 8.72. The molecule has 0 saturated heterocycles. The van der Waals surface area contributed by atoms with Crippen LogP contribution in [0, 0.1) is 11.3 Å². The fraction of sp³-hybridized carbons (Fsp3) is 0.889. The lowest BCUT2D eigenvalue weighted by molar-refractivity contribution is -0.128. The van der Waals surface area contributed by atoms with Crippen LogP contribution in [0.25, 0.3) is 0 Å². The fourth-order valence-corrected chi connectivity index (χ4v) is 1.26. The van der Waals surface area contributed by atoms with Gasteiger partial charge in [-0.05, 0) is 6.42 Å². The zero-order valence-electron chi connectivity index (χ0n) is 7.68. The lowest BCUT2D eigenvalue weighted by Gasteiger charge is -2.15. The number of rotatable bonds is 2. The molecular weight excluding hydrogens is 140 g/mol. The van der Waals surface area contributed by atoms with Crippen molar-refractivity contribution >= 4 is 5.78 Å². The maximum Gasteiger partial charge on any atom is 0.143 e. The van der Waals surface area contributed by atoms with Gasteiger partial charge in [-0.25, -0.2) is 0 Å². The van der Waals surface area contributed by atoms with Gasteiger partial charge < -0.3 is 4.74 Å². The van der Waals surface area contributed by atoms with Crippen LogP contribution in [-0.4, -0.2) is 19.0 Å². The third-order valence-corrected chi connectivity index (χ3v) is 2.11. The summed E-state index contributed by atoms with van der Waals surface area (Å²) in [4.78, 5) is 11.5.